The summed E-state index contributed by atoms with van der Waals surface area (Å²) in [5.41, 5.74) is 6.57. The van der Waals surface area contributed by atoms with Gasteiger partial charge in [-0.25, -0.2) is 9.59 Å². The Balaban J connectivity index is 0.00000722. The molecule has 3 aromatic carbocycles. The number of carboxylic acid groups (broad SMARTS) is 2. The maximum atomic E-state index is 14.7. The van der Waals surface area contributed by atoms with Gasteiger partial charge in [0.2, 0.25) is 13.1 Å². The zero-order valence-corrected chi connectivity index (χ0v) is 47.1. The maximum absolute atomic E-state index is 14.7. The van der Waals surface area contributed by atoms with Crippen LogP contribution in [-0.4, -0.2) is 73.2 Å². The van der Waals surface area contributed by atoms with Gasteiger partial charge in [-0.15, -0.1) is 0 Å². The lowest BCUT2D eigenvalue weighted by Gasteiger charge is -2.22. The van der Waals surface area contributed by atoms with Gasteiger partial charge in [0, 0.05) is 108 Å². The van der Waals surface area contributed by atoms with E-state index >= 15 is 0 Å². The minimum atomic E-state index is -0.986. The summed E-state index contributed by atoms with van der Waals surface area (Å²) in [5, 5.41) is 22.0. The van der Waals surface area contributed by atoms with E-state index in [9.17, 15) is 29.4 Å². The second-order valence-electron chi connectivity index (χ2n) is 17.8. The van der Waals surface area contributed by atoms with Crippen LogP contribution in [0.3, 0.4) is 0 Å². The fraction of sp³-hybridized carbons (Fsp3) is 0.390. The molecular formula is C59H75Br2N5O8. The van der Waals surface area contributed by atoms with Gasteiger partial charge in [0.15, 0.2) is 30.6 Å². The van der Waals surface area contributed by atoms with Gasteiger partial charge < -0.3 is 68.8 Å². The fourth-order valence-electron chi connectivity index (χ4n) is 8.48. The minimum absolute atomic E-state index is 0. The Morgan fingerprint density at radius 1 is 0.554 bits per heavy atom. The summed E-state index contributed by atoms with van der Waals surface area (Å²) in [4.78, 5) is 56.9. The number of ketones is 1. The molecule has 5 rings (SSSR count). The van der Waals surface area contributed by atoms with Crippen molar-refractivity contribution < 1.29 is 82.0 Å². The van der Waals surface area contributed by atoms with Crippen LogP contribution in [0.2, 0.25) is 0 Å². The lowest BCUT2D eigenvalue weighted by molar-refractivity contribution is -0.685. The first-order chi connectivity index (χ1) is 34.9. The van der Waals surface area contributed by atoms with E-state index in [0.717, 1.165) is 100 Å². The van der Waals surface area contributed by atoms with E-state index < -0.39 is 17.8 Å². The molecule has 398 valence electrons. The Bertz CT molecular complexity index is 2450. The van der Waals surface area contributed by atoms with E-state index in [0.29, 0.717) is 58.2 Å². The normalized spacial score (nSPS) is 11.2. The fourth-order valence-corrected chi connectivity index (χ4v) is 8.48. The van der Waals surface area contributed by atoms with Crippen molar-refractivity contribution in [2.75, 3.05) is 54.5 Å². The van der Waals surface area contributed by atoms with Gasteiger partial charge in [-0.3, -0.25) is 9.59 Å². The van der Waals surface area contributed by atoms with Gasteiger partial charge in [-0.1, -0.05) is 64.5 Å². The number of pyridine rings is 2. The molecule has 0 saturated carbocycles. The van der Waals surface area contributed by atoms with Gasteiger partial charge in [0.05, 0.1) is 13.2 Å². The van der Waals surface area contributed by atoms with Crippen LogP contribution in [0.4, 0.5) is 17.1 Å². The number of aromatic nitrogens is 2. The van der Waals surface area contributed by atoms with Crippen molar-refractivity contribution in [2.45, 2.75) is 112 Å². The van der Waals surface area contributed by atoms with E-state index in [4.69, 9.17) is 9.47 Å². The van der Waals surface area contributed by atoms with Crippen LogP contribution in [0, 0.1) is 0 Å². The van der Waals surface area contributed by atoms with E-state index in [-0.39, 0.29) is 59.3 Å². The number of Topliss-reactive ketones (excluding diaryl/α,β-unsaturated/α-hetero) is 1. The minimum Gasteiger partial charge on any atom is -1.00 e. The number of rotatable bonds is 31. The maximum Gasteiger partial charge on any atom is 0.370 e. The Morgan fingerprint density at radius 3 is 1.43 bits per heavy atom. The highest BCUT2D eigenvalue weighted by Gasteiger charge is 2.21. The third-order valence-corrected chi connectivity index (χ3v) is 12.5. The van der Waals surface area contributed by atoms with Gasteiger partial charge >= 0.3 is 11.9 Å². The van der Waals surface area contributed by atoms with E-state index in [1.807, 2.05) is 54.6 Å². The summed E-state index contributed by atoms with van der Waals surface area (Å²) in [6.45, 7) is 16.7. The van der Waals surface area contributed by atoms with E-state index in [2.05, 4.69) is 56.7 Å². The number of unbranched alkanes of at least 4 members (excludes halogenated alkanes) is 6. The molecule has 0 spiro atoms. The SMILES string of the molecule is CCCCCCOc1cc(N(CC)CC)ccc1/C=C(\C(=O)Cc1cccc(NC(=O)/C(=C\c2ccc(N(CC)CC)cc2OCCCCCC)c2cc[n+](CC(=O)O)cc2)c1)c1cc[n+](CC(=O)O)cc1.[Br-].[Br-]. The largest absolute Gasteiger partial charge is 1.00 e. The monoisotopic (exact) mass is 1140 g/mol. The molecule has 13 nitrogen and oxygen atoms in total. The molecule has 3 N–H and O–H groups in total. The molecule has 74 heavy (non-hydrogen) atoms. The number of nitrogens with zero attached hydrogens (tertiary/aromatic N) is 4. The molecule has 0 atom stereocenters. The molecule has 0 aliphatic heterocycles. The average Bonchev–Trinajstić information content (AvgIpc) is 3.36. The van der Waals surface area contributed by atoms with Crippen molar-refractivity contribution in [1.29, 1.82) is 0 Å². The average molecular weight is 1140 g/mol. The molecule has 0 saturated heterocycles. The van der Waals surface area contributed by atoms with E-state index in [1.54, 1.807) is 71.8 Å². The van der Waals surface area contributed by atoms with E-state index in [1.165, 1.54) is 4.57 Å². The number of hydrogen-bond donors (Lipinski definition) is 3. The van der Waals surface area contributed by atoms with Crippen molar-refractivity contribution in [2.24, 2.45) is 0 Å². The van der Waals surface area contributed by atoms with Gasteiger partial charge in [0.25, 0.3) is 5.91 Å². The predicted molar refractivity (Wildman–Crippen MR) is 287 cm³/mol. The number of hydrogen-bond acceptors (Lipinski definition) is 8. The van der Waals surface area contributed by atoms with Gasteiger partial charge in [0.1, 0.15) is 11.5 Å². The number of halogens is 2. The third kappa shape index (κ3) is 19.2. The number of allylic oxidation sites excluding steroid dienone is 1. The Kier molecular flexibility index (Phi) is 27.5. The first-order valence-electron chi connectivity index (χ1n) is 25.7. The standard InChI is InChI=1S/C59H73N5O8.2BrH/c1-7-13-15-17-34-71-55-40-50(63(9-3)10-4)24-22-47(55)38-52(45-26-30-61(31-27-45)42-57(66)67)54(65)37-44-20-19-21-49(36-44)60-59(70)53(46-28-32-62(33-29-46)43-58(68)69)39-48-23-25-51(64(11-5)12-6)41-56(48)72-35-18-16-14-8-2;;/h19-33,36,38-41H,7-18,34-35,37,42-43H2,1-6H3,(H-2,60,66,67,68,69,70);2*1H. The summed E-state index contributed by atoms with van der Waals surface area (Å²) < 4.78 is 16.0. The smallest absolute Gasteiger partial charge is 0.370 e. The van der Waals surface area contributed by atoms with Gasteiger partial charge in [-0.2, -0.15) is 9.13 Å². The number of benzene rings is 3. The van der Waals surface area contributed by atoms with Crippen LogP contribution in [-0.2, 0) is 38.7 Å². The quantitative estimate of drug-likeness (QED) is 0.0327. The lowest BCUT2D eigenvalue weighted by atomic mass is 9.95. The summed E-state index contributed by atoms with van der Waals surface area (Å²) >= 11 is 0. The lowest BCUT2D eigenvalue weighted by Crippen LogP contribution is -3.00. The highest BCUT2D eigenvalue weighted by Crippen LogP contribution is 2.33. The first-order valence-corrected chi connectivity index (χ1v) is 25.7. The molecule has 2 aromatic heterocycles. The predicted octanol–water partition coefficient (Wildman–Crippen LogP) is 4.58. The highest BCUT2D eigenvalue weighted by atomic mass is 79.9. The molecule has 0 radical (unpaired) electrons. The molecule has 0 bridgehead atoms. The topological polar surface area (TPSA) is 153 Å². The molecular weight excluding hydrogens is 1070 g/mol. The molecule has 2 heterocycles. The number of amides is 1. The van der Waals surface area contributed by atoms with Crippen LogP contribution in [0.1, 0.15) is 121 Å². The van der Waals surface area contributed by atoms with Gasteiger partial charge in [-0.05, 0) is 106 Å². The van der Waals surface area contributed by atoms with Crippen LogP contribution in [0.15, 0.2) is 110 Å². The van der Waals surface area contributed by atoms with Crippen molar-refractivity contribution in [1.82, 2.24) is 0 Å². The molecule has 0 unspecified atom stereocenters. The number of ether oxygens (including phenoxy) is 2. The summed E-state index contributed by atoms with van der Waals surface area (Å²) in [5.74, 6) is -1.24. The summed E-state index contributed by atoms with van der Waals surface area (Å²) in [6.07, 6.45) is 18.6. The molecule has 0 aliphatic rings. The number of carbonyl (C=O) groups is 4. The molecule has 15 heteroatoms. The third-order valence-electron chi connectivity index (χ3n) is 12.5. The molecule has 0 aliphatic carbocycles. The van der Waals surface area contributed by atoms with Crippen LogP contribution < -0.4 is 67.7 Å². The summed E-state index contributed by atoms with van der Waals surface area (Å²) in [6, 6.07) is 26.2. The van der Waals surface area contributed by atoms with Crippen LogP contribution in [0.25, 0.3) is 23.3 Å². The van der Waals surface area contributed by atoms with Crippen LogP contribution in [0.5, 0.6) is 11.5 Å². The Labute approximate surface area is 459 Å². The Hall–Kier alpha value is -6.32. The second kappa shape index (κ2) is 32.8. The van der Waals surface area contributed by atoms with Crippen molar-refractivity contribution in [3.05, 3.63) is 138 Å². The number of carboxylic acids is 2. The zero-order chi connectivity index (χ0) is 51.8. The first kappa shape index (κ1) is 62.0. The molecule has 1 amide bonds. The number of nitrogens with one attached hydrogen (secondary N) is 1. The summed E-state index contributed by atoms with van der Waals surface area (Å²) in [7, 11) is 0. The molecule has 0 fully saturated rings. The molecule has 5 aromatic rings. The number of aliphatic carboxylic acids is 2. The number of carbonyl (C=O) groups excluding carboxylic acids is 2. The van der Waals surface area contributed by atoms with Crippen molar-refractivity contribution in [3.63, 3.8) is 0 Å². The van der Waals surface area contributed by atoms with Crippen molar-refractivity contribution >= 4 is 64.0 Å². The second-order valence-corrected chi connectivity index (χ2v) is 17.8. The zero-order valence-electron chi connectivity index (χ0n) is 44.0. The highest BCUT2D eigenvalue weighted by molar-refractivity contribution is 6.29. The number of anilines is 3. The Morgan fingerprint density at radius 2 is 1.00 bits per heavy atom. The van der Waals surface area contributed by atoms with Crippen LogP contribution >= 0.6 is 0 Å². The van der Waals surface area contributed by atoms with Crippen molar-refractivity contribution in [3.8, 4) is 11.5 Å².